The molecule has 0 amide bonds. The van der Waals surface area contributed by atoms with Crippen molar-refractivity contribution in [1.82, 2.24) is 9.29 Å². The highest BCUT2D eigenvalue weighted by molar-refractivity contribution is 7.88. The highest BCUT2D eigenvalue weighted by atomic mass is 32.2. The minimum Gasteiger partial charge on any atom is -0.361 e. The number of para-hydroxylation sites is 1. The monoisotopic (exact) mass is 324 g/mol. The Morgan fingerprint density at radius 2 is 1.74 bits per heavy atom. The summed E-state index contributed by atoms with van der Waals surface area (Å²) in [5.41, 5.74) is 4.00. The van der Waals surface area contributed by atoms with Crippen LogP contribution in [-0.4, -0.2) is 24.0 Å². The molecule has 1 atom stereocenters. The van der Waals surface area contributed by atoms with Crippen LogP contribution in [0.4, 0.5) is 0 Å². The maximum Gasteiger partial charge on any atom is 0.232 e. The molecule has 1 unspecified atom stereocenters. The van der Waals surface area contributed by atoms with Crippen molar-refractivity contribution in [2.24, 2.45) is 0 Å². The van der Waals surface area contributed by atoms with E-state index >= 15 is 0 Å². The van der Waals surface area contributed by atoms with Gasteiger partial charge in [0, 0.05) is 28.9 Å². The Morgan fingerprint density at radius 3 is 2.57 bits per heavy atom. The van der Waals surface area contributed by atoms with Crippen molar-refractivity contribution in [3.05, 3.63) is 77.6 Å². The Balaban J connectivity index is 2.00. The molecule has 1 aliphatic rings. The number of hydrogen-bond acceptors (Lipinski definition) is 2. The first-order valence-corrected chi connectivity index (χ1v) is 9.22. The first-order valence-electron chi connectivity index (χ1n) is 7.37. The Hall–Kier alpha value is -2.53. The van der Waals surface area contributed by atoms with E-state index in [-0.39, 0.29) is 6.04 Å². The predicted molar refractivity (Wildman–Crippen MR) is 92.3 cm³/mol. The number of H-pyrrole nitrogens is 1. The summed E-state index contributed by atoms with van der Waals surface area (Å²) in [6, 6.07) is 15.5. The molecule has 4 rings (SSSR count). The van der Waals surface area contributed by atoms with Gasteiger partial charge in [0.2, 0.25) is 10.0 Å². The summed E-state index contributed by atoms with van der Waals surface area (Å²) >= 11 is 0. The van der Waals surface area contributed by atoms with Gasteiger partial charge < -0.3 is 4.98 Å². The number of benzene rings is 2. The van der Waals surface area contributed by atoms with Gasteiger partial charge in [0.1, 0.15) is 0 Å². The maximum atomic E-state index is 12.3. The number of nitrogens with one attached hydrogen (secondary N) is 1. The number of sulfonamides is 1. The Morgan fingerprint density at radius 1 is 1.00 bits per heavy atom. The number of rotatable bonds is 2. The largest absolute Gasteiger partial charge is 0.361 e. The second-order valence-corrected chi connectivity index (χ2v) is 7.62. The van der Waals surface area contributed by atoms with E-state index in [0.717, 1.165) is 27.6 Å². The van der Waals surface area contributed by atoms with Gasteiger partial charge >= 0.3 is 0 Å². The molecule has 1 aliphatic heterocycles. The zero-order valence-corrected chi connectivity index (χ0v) is 13.4. The first kappa shape index (κ1) is 14.1. The average molecular weight is 324 g/mol. The van der Waals surface area contributed by atoms with Crippen LogP contribution in [0.2, 0.25) is 0 Å². The van der Waals surface area contributed by atoms with Gasteiger partial charge in [-0.15, -0.1) is 0 Å². The number of hydrogen-bond donors (Lipinski definition) is 1. The summed E-state index contributed by atoms with van der Waals surface area (Å²) < 4.78 is 26.0. The van der Waals surface area contributed by atoms with Crippen LogP contribution in [-0.2, 0) is 10.0 Å². The number of aromatic nitrogens is 1. The first-order chi connectivity index (χ1) is 11.1. The molecule has 0 spiro atoms. The lowest BCUT2D eigenvalue weighted by Crippen LogP contribution is -2.32. The molecule has 23 heavy (non-hydrogen) atoms. The highest BCUT2D eigenvalue weighted by Crippen LogP contribution is 2.39. The van der Waals surface area contributed by atoms with Crippen molar-refractivity contribution in [2.45, 2.75) is 6.04 Å². The van der Waals surface area contributed by atoms with Gasteiger partial charge in [-0.05, 0) is 23.3 Å². The van der Waals surface area contributed by atoms with E-state index in [1.165, 1.54) is 10.6 Å². The summed E-state index contributed by atoms with van der Waals surface area (Å²) in [5, 5.41) is 1.04. The van der Waals surface area contributed by atoms with Crippen LogP contribution in [0.15, 0.2) is 60.9 Å². The molecule has 116 valence electrons. The maximum absolute atomic E-state index is 12.3. The van der Waals surface area contributed by atoms with Gasteiger partial charge in [-0.1, -0.05) is 42.5 Å². The van der Waals surface area contributed by atoms with Crippen molar-refractivity contribution in [3.8, 4) is 0 Å². The molecular formula is C18H16N2O2S. The van der Waals surface area contributed by atoms with Gasteiger partial charge in [-0.3, -0.25) is 4.31 Å². The summed E-state index contributed by atoms with van der Waals surface area (Å²) in [5.74, 6) is 0. The van der Waals surface area contributed by atoms with E-state index < -0.39 is 10.0 Å². The number of nitrogens with zero attached hydrogens (tertiary/aromatic N) is 1. The second kappa shape index (κ2) is 4.99. The Labute approximate surface area is 135 Å². The third-order valence-electron chi connectivity index (χ3n) is 4.24. The molecule has 5 heteroatoms. The van der Waals surface area contributed by atoms with Crippen LogP contribution in [0.25, 0.3) is 17.0 Å². The van der Waals surface area contributed by atoms with Crippen molar-refractivity contribution in [2.75, 3.05) is 6.26 Å². The smallest absolute Gasteiger partial charge is 0.232 e. The lowest BCUT2D eigenvalue weighted by molar-refractivity contribution is 0.453. The van der Waals surface area contributed by atoms with Crippen LogP contribution in [0.1, 0.15) is 22.7 Å². The molecule has 0 saturated carbocycles. The van der Waals surface area contributed by atoms with Gasteiger partial charge in [-0.2, -0.15) is 0 Å². The molecule has 3 aromatic rings. The molecule has 4 nitrogen and oxygen atoms in total. The third-order valence-corrected chi connectivity index (χ3v) is 5.34. The van der Waals surface area contributed by atoms with Crippen molar-refractivity contribution >= 4 is 27.0 Å². The van der Waals surface area contributed by atoms with Gasteiger partial charge in [0.05, 0.1) is 12.3 Å². The second-order valence-electron chi connectivity index (χ2n) is 5.73. The van der Waals surface area contributed by atoms with Crippen LogP contribution in [0, 0.1) is 0 Å². The standard InChI is InChI=1S/C18H16N2O2S/c1-23(21,22)20-11-10-13-6-2-3-7-14(13)18(20)16-12-19-17-9-5-4-8-15(16)17/h2-12,18-19H,1H3. The normalized spacial score (nSPS) is 17.4. The number of fused-ring (bicyclic) bond motifs is 2. The van der Waals surface area contributed by atoms with Crippen LogP contribution in [0.3, 0.4) is 0 Å². The topological polar surface area (TPSA) is 53.2 Å². The molecule has 1 aromatic heterocycles. The van der Waals surface area contributed by atoms with Crippen molar-refractivity contribution in [3.63, 3.8) is 0 Å². The molecule has 2 aromatic carbocycles. The van der Waals surface area contributed by atoms with Crippen molar-refractivity contribution < 1.29 is 8.42 Å². The predicted octanol–water partition coefficient (Wildman–Crippen LogP) is 3.50. The average Bonchev–Trinajstić information content (AvgIpc) is 2.96. The summed E-state index contributed by atoms with van der Waals surface area (Å²) in [7, 11) is -3.38. The molecule has 0 saturated heterocycles. The quantitative estimate of drug-likeness (QED) is 0.784. The van der Waals surface area contributed by atoms with E-state index in [1.807, 2.05) is 60.8 Å². The molecule has 0 aliphatic carbocycles. The zero-order chi connectivity index (χ0) is 16.0. The van der Waals surface area contributed by atoms with Crippen LogP contribution >= 0.6 is 0 Å². The minimum absolute atomic E-state index is 0.359. The summed E-state index contributed by atoms with van der Waals surface area (Å²) in [6.45, 7) is 0. The van der Waals surface area contributed by atoms with Crippen LogP contribution in [0.5, 0.6) is 0 Å². The van der Waals surface area contributed by atoms with Gasteiger partial charge in [0.15, 0.2) is 0 Å². The van der Waals surface area contributed by atoms with E-state index in [9.17, 15) is 8.42 Å². The summed E-state index contributed by atoms with van der Waals surface area (Å²) in [4.78, 5) is 3.24. The summed E-state index contributed by atoms with van der Waals surface area (Å²) in [6.07, 6.45) is 6.66. The molecule has 1 N–H and O–H groups in total. The highest BCUT2D eigenvalue weighted by Gasteiger charge is 2.32. The van der Waals surface area contributed by atoms with Gasteiger partial charge in [0.25, 0.3) is 0 Å². The fourth-order valence-corrected chi connectivity index (χ4v) is 4.11. The fraction of sp³-hybridized carbons (Fsp3) is 0.111. The molecule has 0 bridgehead atoms. The van der Waals surface area contributed by atoms with Crippen LogP contribution < -0.4 is 0 Å². The SMILES string of the molecule is CS(=O)(=O)N1C=Cc2ccccc2C1c1c[nH]c2ccccc12. The minimum atomic E-state index is -3.38. The van der Waals surface area contributed by atoms with E-state index in [1.54, 1.807) is 6.20 Å². The molecule has 0 radical (unpaired) electrons. The third kappa shape index (κ3) is 2.24. The van der Waals surface area contributed by atoms with Crippen molar-refractivity contribution in [1.29, 1.82) is 0 Å². The number of aromatic amines is 1. The molecule has 2 heterocycles. The van der Waals surface area contributed by atoms with E-state index in [0.29, 0.717) is 0 Å². The lowest BCUT2D eigenvalue weighted by Gasteiger charge is -2.33. The van der Waals surface area contributed by atoms with E-state index in [4.69, 9.17) is 0 Å². The lowest BCUT2D eigenvalue weighted by atomic mass is 9.92. The van der Waals surface area contributed by atoms with Gasteiger partial charge in [-0.25, -0.2) is 8.42 Å². The van der Waals surface area contributed by atoms with E-state index in [2.05, 4.69) is 4.98 Å². The fourth-order valence-electron chi connectivity index (χ4n) is 3.22. The Bertz CT molecular complexity index is 1020. The zero-order valence-electron chi connectivity index (χ0n) is 12.6. The molecule has 0 fully saturated rings. The molecular weight excluding hydrogens is 308 g/mol. The Kier molecular flexibility index (Phi) is 3.06.